The molecule has 0 aliphatic carbocycles. The molecule has 0 spiro atoms. The Morgan fingerprint density at radius 2 is 2.13 bits per heavy atom. The van der Waals surface area contributed by atoms with Gasteiger partial charge in [-0.15, -0.1) is 0 Å². The topological polar surface area (TPSA) is 81.9 Å². The first kappa shape index (κ1) is 20.0. The highest BCUT2D eigenvalue weighted by Crippen LogP contribution is 2.39. The van der Waals surface area contributed by atoms with Gasteiger partial charge < -0.3 is 10.1 Å². The van der Waals surface area contributed by atoms with Crippen molar-refractivity contribution in [3.8, 4) is 17.0 Å². The predicted molar refractivity (Wildman–Crippen MR) is 110 cm³/mol. The minimum atomic E-state index is -0.346. The van der Waals surface area contributed by atoms with Crippen molar-refractivity contribution >= 4 is 5.91 Å². The number of carbonyl (C=O) groups is 1. The molecule has 0 bridgehead atoms. The van der Waals surface area contributed by atoms with Crippen molar-refractivity contribution in [3.63, 3.8) is 0 Å². The fourth-order valence-electron chi connectivity index (χ4n) is 3.69. The Morgan fingerprint density at radius 1 is 1.33 bits per heavy atom. The summed E-state index contributed by atoms with van der Waals surface area (Å²) in [6.45, 7) is 5.98. The van der Waals surface area contributed by atoms with Gasteiger partial charge in [-0.3, -0.25) is 14.5 Å². The SMILES string of the molecule is CCc1cc(C(=O)NCC2Cc3cc(F)cc(-c4nc(C)cnc4C)c3O2)n(C)n1. The van der Waals surface area contributed by atoms with Gasteiger partial charge in [0.15, 0.2) is 0 Å². The first-order valence-electron chi connectivity index (χ1n) is 9.96. The maximum Gasteiger partial charge on any atom is 0.269 e. The molecule has 4 rings (SSSR count). The van der Waals surface area contributed by atoms with Crippen LogP contribution in [0.2, 0.25) is 0 Å². The molecule has 1 unspecified atom stereocenters. The van der Waals surface area contributed by atoms with E-state index in [0.717, 1.165) is 23.4 Å². The maximum absolute atomic E-state index is 14.3. The fraction of sp³-hybridized carbons (Fsp3) is 0.364. The van der Waals surface area contributed by atoms with Crippen molar-refractivity contribution in [2.24, 2.45) is 7.05 Å². The van der Waals surface area contributed by atoms with Gasteiger partial charge in [-0.25, -0.2) is 9.37 Å². The number of benzene rings is 1. The number of carbonyl (C=O) groups excluding carboxylic acids is 1. The van der Waals surface area contributed by atoms with E-state index in [2.05, 4.69) is 20.4 Å². The summed E-state index contributed by atoms with van der Waals surface area (Å²) in [6.07, 6.45) is 2.66. The quantitative estimate of drug-likeness (QED) is 0.701. The van der Waals surface area contributed by atoms with Gasteiger partial charge >= 0.3 is 0 Å². The molecule has 3 aromatic rings. The number of halogens is 1. The second-order valence-electron chi connectivity index (χ2n) is 7.54. The molecule has 0 saturated heterocycles. The predicted octanol–water partition coefficient (Wildman–Crippen LogP) is 2.93. The Bertz CT molecular complexity index is 1120. The van der Waals surface area contributed by atoms with Crippen LogP contribution in [0, 0.1) is 19.7 Å². The molecule has 1 aromatic carbocycles. The second-order valence-corrected chi connectivity index (χ2v) is 7.54. The number of nitrogens with zero attached hydrogens (tertiary/aromatic N) is 4. The van der Waals surface area contributed by atoms with Crippen LogP contribution in [0.1, 0.15) is 40.1 Å². The third-order valence-electron chi connectivity index (χ3n) is 5.21. The average Bonchev–Trinajstić information content (AvgIpc) is 3.30. The van der Waals surface area contributed by atoms with E-state index >= 15 is 0 Å². The van der Waals surface area contributed by atoms with Crippen LogP contribution in [-0.4, -0.2) is 38.3 Å². The van der Waals surface area contributed by atoms with Crippen molar-refractivity contribution in [1.29, 1.82) is 0 Å². The summed E-state index contributed by atoms with van der Waals surface area (Å²) < 4.78 is 22.0. The van der Waals surface area contributed by atoms with Gasteiger partial charge in [0.1, 0.15) is 23.4 Å². The van der Waals surface area contributed by atoms with E-state index in [9.17, 15) is 9.18 Å². The number of hydrogen-bond acceptors (Lipinski definition) is 5. The highest BCUT2D eigenvalue weighted by Gasteiger charge is 2.29. The van der Waals surface area contributed by atoms with Gasteiger partial charge in [0.25, 0.3) is 5.91 Å². The molecule has 0 fully saturated rings. The minimum Gasteiger partial charge on any atom is -0.487 e. The van der Waals surface area contributed by atoms with Crippen molar-refractivity contribution < 1.29 is 13.9 Å². The zero-order valence-electron chi connectivity index (χ0n) is 17.5. The summed E-state index contributed by atoms with van der Waals surface area (Å²) >= 11 is 0. The molecular formula is C22H24FN5O2. The molecule has 30 heavy (non-hydrogen) atoms. The van der Waals surface area contributed by atoms with Gasteiger partial charge in [-0.2, -0.15) is 5.10 Å². The number of rotatable bonds is 5. The van der Waals surface area contributed by atoms with E-state index in [1.165, 1.54) is 12.1 Å². The number of fused-ring (bicyclic) bond motifs is 1. The number of aromatic nitrogens is 4. The molecule has 0 saturated carbocycles. The number of nitrogens with one attached hydrogen (secondary N) is 1. The average molecular weight is 409 g/mol. The first-order valence-corrected chi connectivity index (χ1v) is 9.96. The number of hydrogen-bond donors (Lipinski definition) is 1. The lowest BCUT2D eigenvalue weighted by atomic mass is 10.0. The standard InChI is InChI=1S/C22H24FN5O2/c1-5-16-9-19(28(4)27-16)22(29)25-11-17-7-14-6-15(23)8-18(21(14)30-17)20-13(3)24-10-12(2)26-20/h6,8-10,17H,5,7,11H2,1-4H3,(H,25,29). The third-order valence-corrected chi connectivity index (χ3v) is 5.21. The smallest absolute Gasteiger partial charge is 0.269 e. The Kier molecular flexibility index (Phi) is 5.24. The lowest BCUT2D eigenvalue weighted by molar-refractivity contribution is 0.0924. The van der Waals surface area contributed by atoms with Crippen LogP contribution in [-0.2, 0) is 19.9 Å². The number of amides is 1. The number of aryl methyl sites for hydroxylation is 4. The maximum atomic E-state index is 14.3. The van der Waals surface area contributed by atoms with E-state index in [4.69, 9.17) is 4.74 Å². The lowest BCUT2D eigenvalue weighted by Crippen LogP contribution is -2.35. The van der Waals surface area contributed by atoms with Crippen LogP contribution in [0.15, 0.2) is 24.4 Å². The molecule has 2 aromatic heterocycles. The zero-order valence-corrected chi connectivity index (χ0v) is 17.5. The molecule has 1 amide bonds. The monoisotopic (exact) mass is 409 g/mol. The highest BCUT2D eigenvalue weighted by molar-refractivity contribution is 5.92. The molecule has 1 aliphatic heterocycles. The summed E-state index contributed by atoms with van der Waals surface area (Å²) in [5.41, 5.74) is 4.78. The van der Waals surface area contributed by atoms with Crippen molar-refractivity contribution in [2.45, 2.75) is 39.7 Å². The Labute approximate surface area is 174 Å². The second kappa shape index (κ2) is 7.85. The van der Waals surface area contributed by atoms with Gasteiger partial charge in [0.2, 0.25) is 0 Å². The molecule has 1 aliphatic rings. The summed E-state index contributed by atoms with van der Waals surface area (Å²) in [5.74, 6) is 0.0465. The Hall–Kier alpha value is -3.29. The Morgan fingerprint density at radius 3 is 2.87 bits per heavy atom. The first-order chi connectivity index (χ1) is 14.4. The van der Waals surface area contributed by atoms with Crippen LogP contribution >= 0.6 is 0 Å². The third kappa shape index (κ3) is 3.77. The van der Waals surface area contributed by atoms with Crippen molar-refractivity contribution in [2.75, 3.05) is 6.54 Å². The van der Waals surface area contributed by atoms with Crippen LogP contribution in [0.4, 0.5) is 4.39 Å². The molecule has 1 N–H and O–H groups in total. The van der Waals surface area contributed by atoms with E-state index in [-0.39, 0.29) is 17.8 Å². The van der Waals surface area contributed by atoms with E-state index in [1.54, 1.807) is 24.0 Å². The van der Waals surface area contributed by atoms with Gasteiger partial charge in [0, 0.05) is 30.8 Å². The molecule has 0 radical (unpaired) electrons. The molecule has 156 valence electrons. The van der Waals surface area contributed by atoms with Gasteiger partial charge in [0.05, 0.1) is 29.3 Å². The summed E-state index contributed by atoms with van der Waals surface area (Å²) in [4.78, 5) is 21.4. The summed E-state index contributed by atoms with van der Waals surface area (Å²) in [7, 11) is 1.75. The van der Waals surface area contributed by atoms with Gasteiger partial charge in [-0.05, 0) is 38.5 Å². The van der Waals surface area contributed by atoms with Gasteiger partial charge in [-0.1, -0.05) is 6.92 Å². The van der Waals surface area contributed by atoms with Crippen LogP contribution in [0.5, 0.6) is 5.75 Å². The minimum absolute atomic E-state index is 0.212. The van der Waals surface area contributed by atoms with Crippen LogP contribution in [0.25, 0.3) is 11.3 Å². The van der Waals surface area contributed by atoms with E-state index < -0.39 is 0 Å². The molecule has 8 heteroatoms. The van der Waals surface area contributed by atoms with Crippen molar-refractivity contribution in [3.05, 3.63) is 58.6 Å². The largest absolute Gasteiger partial charge is 0.487 e. The summed E-state index contributed by atoms with van der Waals surface area (Å²) in [5, 5.41) is 7.20. The molecular weight excluding hydrogens is 385 g/mol. The summed E-state index contributed by atoms with van der Waals surface area (Å²) in [6, 6.07) is 4.69. The van der Waals surface area contributed by atoms with Crippen LogP contribution < -0.4 is 10.1 Å². The van der Waals surface area contributed by atoms with E-state index in [0.29, 0.717) is 41.4 Å². The van der Waals surface area contributed by atoms with Crippen LogP contribution in [0.3, 0.4) is 0 Å². The number of ether oxygens (including phenoxy) is 1. The lowest BCUT2D eigenvalue weighted by Gasteiger charge is -2.14. The Balaban J connectivity index is 1.53. The molecule has 7 nitrogen and oxygen atoms in total. The highest BCUT2D eigenvalue weighted by atomic mass is 19.1. The normalized spacial score (nSPS) is 15.0. The molecule has 3 heterocycles. The van der Waals surface area contributed by atoms with Crippen molar-refractivity contribution in [1.82, 2.24) is 25.1 Å². The zero-order chi connectivity index (χ0) is 21.4. The molecule has 1 atom stereocenters. The fourth-order valence-corrected chi connectivity index (χ4v) is 3.69. The van der Waals surface area contributed by atoms with E-state index in [1.807, 2.05) is 20.8 Å².